The molecular weight excluding hydrogens is 406 g/mol. The third-order valence-corrected chi connectivity index (χ3v) is 5.35. The standard InChI is InChI=1S/C21H21N3O5S/c1-26-15-3-5-16(6-4-15)30-11-8-19(25)22-21-24-23-20(29-21)13-14-2-7-17-18(12-14)28-10-9-27-17/h2-7,12H,8-11,13H2,1H3,(H,22,24,25). The number of carbonyl (C=O) groups is 1. The molecular formula is C21H21N3O5S. The molecule has 1 amide bonds. The lowest BCUT2D eigenvalue weighted by atomic mass is 10.1. The first kappa shape index (κ1) is 20.1. The first-order chi connectivity index (χ1) is 14.7. The Morgan fingerprint density at radius 3 is 2.70 bits per heavy atom. The normalized spacial score (nSPS) is 12.4. The van der Waals surface area contributed by atoms with Crippen LogP contribution < -0.4 is 19.5 Å². The average Bonchev–Trinajstić information content (AvgIpc) is 3.20. The zero-order chi connectivity index (χ0) is 20.8. The first-order valence-corrected chi connectivity index (χ1v) is 10.5. The fraction of sp³-hybridized carbons (Fsp3) is 0.286. The lowest BCUT2D eigenvalue weighted by Gasteiger charge is -2.18. The van der Waals surface area contributed by atoms with Gasteiger partial charge in [0.1, 0.15) is 19.0 Å². The molecule has 0 spiro atoms. The van der Waals surface area contributed by atoms with Gasteiger partial charge >= 0.3 is 6.01 Å². The molecule has 3 aromatic rings. The Morgan fingerprint density at radius 1 is 1.10 bits per heavy atom. The van der Waals surface area contributed by atoms with Gasteiger partial charge in [-0.1, -0.05) is 11.2 Å². The molecule has 0 saturated carbocycles. The number of amides is 1. The Morgan fingerprint density at radius 2 is 1.90 bits per heavy atom. The summed E-state index contributed by atoms with van der Waals surface area (Å²) in [4.78, 5) is 13.2. The topological polar surface area (TPSA) is 95.7 Å². The lowest BCUT2D eigenvalue weighted by Crippen LogP contribution is -2.15. The third-order valence-electron chi connectivity index (χ3n) is 4.33. The van der Waals surface area contributed by atoms with E-state index in [1.54, 1.807) is 18.9 Å². The van der Waals surface area contributed by atoms with Gasteiger partial charge in [0.15, 0.2) is 11.5 Å². The number of nitrogens with one attached hydrogen (secondary N) is 1. The van der Waals surface area contributed by atoms with Crippen molar-refractivity contribution in [2.45, 2.75) is 17.7 Å². The highest BCUT2D eigenvalue weighted by Gasteiger charge is 2.14. The number of methoxy groups -OCH3 is 1. The van der Waals surface area contributed by atoms with Gasteiger partial charge in [-0.15, -0.1) is 16.9 Å². The van der Waals surface area contributed by atoms with Crippen LogP contribution in [0.15, 0.2) is 51.8 Å². The van der Waals surface area contributed by atoms with Gasteiger partial charge in [-0.25, -0.2) is 0 Å². The van der Waals surface area contributed by atoms with Crippen LogP contribution in [0.3, 0.4) is 0 Å². The van der Waals surface area contributed by atoms with Crippen molar-refractivity contribution in [3.8, 4) is 17.2 Å². The number of thioether (sulfide) groups is 1. The Balaban J connectivity index is 1.25. The molecule has 1 aliphatic heterocycles. The second-order valence-corrected chi connectivity index (χ2v) is 7.65. The molecule has 0 atom stereocenters. The highest BCUT2D eigenvalue weighted by Crippen LogP contribution is 2.31. The van der Waals surface area contributed by atoms with Crippen molar-refractivity contribution in [3.05, 3.63) is 53.9 Å². The van der Waals surface area contributed by atoms with Crippen LogP contribution >= 0.6 is 11.8 Å². The maximum atomic E-state index is 12.1. The smallest absolute Gasteiger partial charge is 0.322 e. The summed E-state index contributed by atoms with van der Waals surface area (Å²) in [5.41, 5.74) is 0.955. The highest BCUT2D eigenvalue weighted by atomic mass is 32.2. The van der Waals surface area contributed by atoms with Gasteiger partial charge in [-0.05, 0) is 42.0 Å². The average molecular weight is 427 g/mol. The molecule has 9 heteroatoms. The maximum absolute atomic E-state index is 12.1. The number of rotatable bonds is 8. The van der Waals surface area contributed by atoms with E-state index in [4.69, 9.17) is 18.6 Å². The van der Waals surface area contributed by atoms with Crippen LogP contribution in [0, 0.1) is 0 Å². The van der Waals surface area contributed by atoms with Crippen molar-refractivity contribution < 1.29 is 23.4 Å². The fourth-order valence-electron chi connectivity index (χ4n) is 2.86. The summed E-state index contributed by atoms with van der Waals surface area (Å²) in [5.74, 6) is 3.12. The van der Waals surface area contributed by atoms with Gasteiger partial charge in [-0.3, -0.25) is 10.1 Å². The third kappa shape index (κ3) is 5.24. The van der Waals surface area contributed by atoms with E-state index in [-0.39, 0.29) is 11.9 Å². The molecule has 0 bridgehead atoms. The number of hydrogen-bond acceptors (Lipinski definition) is 8. The predicted octanol–water partition coefficient (Wildman–Crippen LogP) is 3.56. The van der Waals surface area contributed by atoms with Crippen molar-refractivity contribution >= 4 is 23.7 Å². The number of ether oxygens (including phenoxy) is 3. The van der Waals surface area contributed by atoms with Gasteiger partial charge in [0, 0.05) is 17.1 Å². The Labute approximate surface area is 177 Å². The summed E-state index contributed by atoms with van der Waals surface area (Å²) in [6, 6.07) is 13.5. The van der Waals surface area contributed by atoms with Gasteiger partial charge in [-0.2, -0.15) is 0 Å². The van der Waals surface area contributed by atoms with Crippen molar-refractivity contribution in [2.24, 2.45) is 0 Å². The Kier molecular flexibility index (Phi) is 6.38. The van der Waals surface area contributed by atoms with Crippen LogP contribution in [-0.4, -0.2) is 42.2 Å². The summed E-state index contributed by atoms with van der Waals surface area (Å²) in [6.07, 6.45) is 0.767. The largest absolute Gasteiger partial charge is 0.497 e. The van der Waals surface area contributed by atoms with Crippen LogP contribution in [0.5, 0.6) is 17.2 Å². The Hall–Kier alpha value is -3.20. The molecule has 156 valence electrons. The molecule has 30 heavy (non-hydrogen) atoms. The van der Waals surface area contributed by atoms with Gasteiger partial charge in [0.05, 0.1) is 13.5 Å². The maximum Gasteiger partial charge on any atom is 0.322 e. The van der Waals surface area contributed by atoms with E-state index < -0.39 is 0 Å². The van der Waals surface area contributed by atoms with Crippen molar-refractivity contribution in [1.82, 2.24) is 10.2 Å². The van der Waals surface area contributed by atoms with Crippen LogP contribution in [-0.2, 0) is 11.2 Å². The molecule has 2 aromatic carbocycles. The van der Waals surface area contributed by atoms with Gasteiger partial charge in [0.25, 0.3) is 0 Å². The molecule has 1 aliphatic rings. The molecule has 0 saturated heterocycles. The van der Waals surface area contributed by atoms with E-state index in [2.05, 4.69) is 15.5 Å². The van der Waals surface area contributed by atoms with Crippen molar-refractivity contribution in [2.75, 3.05) is 31.4 Å². The highest BCUT2D eigenvalue weighted by molar-refractivity contribution is 7.99. The van der Waals surface area contributed by atoms with Crippen molar-refractivity contribution in [1.29, 1.82) is 0 Å². The van der Waals surface area contributed by atoms with Crippen LogP contribution in [0.1, 0.15) is 17.9 Å². The number of benzene rings is 2. The molecule has 0 unspecified atom stereocenters. The molecule has 0 fully saturated rings. The summed E-state index contributed by atoms with van der Waals surface area (Å²) in [5, 5.41) is 10.5. The van der Waals surface area contributed by atoms with Crippen molar-refractivity contribution in [3.63, 3.8) is 0 Å². The minimum Gasteiger partial charge on any atom is -0.497 e. The second kappa shape index (κ2) is 9.53. The van der Waals surface area contributed by atoms with Crippen LogP contribution in [0.2, 0.25) is 0 Å². The summed E-state index contributed by atoms with van der Waals surface area (Å²) in [6.45, 7) is 1.08. The zero-order valence-corrected chi connectivity index (χ0v) is 17.2. The number of carbonyl (C=O) groups excluding carboxylic acids is 1. The number of fused-ring (bicyclic) bond motifs is 1. The number of hydrogen-bond donors (Lipinski definition) is 1. The molecule has 1 aromatic heterocycles. The first-order valence-electron chi connectivity index (χ1n) is 9.47. The van der Waals surface area contributed by atoms with E-state index in [1.165, 1.54) is 0 Å². The summed E-state index contributed by atoms with van der Waals surface area (Å²) in [7, 11) is 1.63. The van der Waals surface area contributed by atoms with E-state index in [9.17, 15) is 4.79 Å². The molecule has 4 rings (SSSR count). The molecule has 1 N–H and O–H groups in total. The van der Waals surface area contributed by atoms with Crippen LogP contribution in [0.4, 0.5) is 6.01 Å². The zero-order valence-electron chi connectivity index (χ0n) is 16.4. The predicted molar refractivity (Wildman–Crippen MR) is 112 cm³/mol. The summed E-state index contributed by atoms with van der Waals surface area (Å²) >= 11 is 1.59. The fourth-order valence-corrected chi connectivity index (χ4v) is 3.71. The monoisotopic (exact) mass is 427 g/mol. The number of anilines is 1. The molecule has 0 aliphatic carbocycles. The molecule has 8 nitrogen and oxygen atoms in total. The minimum absolute atomic E-state index is 0.0991. The SMILES string of the molecule is COc1ccc(SCCC(=O)Nc2nnc(Cc3ccc4c(c3)OCCO4)o2)cc1. The Bertz CT molecular complexity index is 1010. The van der Waals surface area contributed by atoms with E-state index in [1.807, 2.05) is 42.5 Å². The number of nitrogens with zero attached hydrogens (tertiary/aromatic N) is 2. The molecule has 0 radical (unpaired) electrons. The van der Waals surface area contributed by atoms with E-state index >= 15 is 0 Å². The second-order valence-electron chi connectivity index (χ2n) is 6.48. The minimum atomic E-state index is -0.175. The van der Waals surface area contributed by atoms with Crippen LogP contribution in [0.25, 0.3) is 0 Å². The van der Waals surface area contributed by atoms with E-state index in [0.717, 1.165) is 22.0 Å². The molecule has 2 heterocycles. The summed E-state index contributed by atoms with van der Waals surface area (Å²) < 4.78 is 21.8. The number of aromatic nitrogens is 2. The quantitative estimate of drug-likeness (QED) is 0.545. The lowest BCUT2D eigenvalue weighted by molar-refractivity contribution is -0.115. The van der Waals surface area contributed by atoms with Gasteiger partial charge in [0.2, 0.25) is 11.8 Å². The van der Waals surface area contributed by atoms with E-state index in [0.29, 0.717) is 43.4 Å². The van der Waals surface area contributed by atoms with Gasteiger partial charge < -0.3 is 18.6 Å².